The van der Waals surface area contributed by atoms with Crippen LogP contribution in [-0.4, -0.2) is 16.7 Å². The molecule has 0 fully saturated rings. The fourth-order valence-electron chi connectivity index (χ4n) is 1.15. The van der Waals surface area contributed by atoms with Crippen molar-refractivity contribution in [3.05, 3.63) is 30.4 Å². The van der Waals surface area contributed by atoms with Crippen LogP contribution in [0.4, 0.5) is 0 Å². The molecule has 0 amide bonds. The van der Waals surface area contributed by atoms with Gasteiger partial charge in [-0.1, -0.05) is 83.1 Å². The van der Waals surface area contributed by atoms with E-state index in [1.807, 2.05) is 62.3 Å². The number of aliphatic hydroxyl groups is 1. The molecule has 0 saturated heterocycles. The molecule has 0 aromatic rings. The number of hydrogen-bond donors (Lipinski definition) is 1. The Labute approximate surface area is 182 Å². The molecule has 0 radical (unpaired) electrons. The molecule has 0 rings (SSSR count). The molecule has 0 aliphatic rings. The summed E-state index contributed by atoms with van der Waals surface area (Å²) >= 11 is 1.06. The number of hydrogen-bond acceptors (Lipinski definition) is 4. The number of carbonyl (C=O) groups excluding carboxylic acids is 2. The van der Waals surface area contributed by atoms with E-state index in [1.165, 1.54) is 6.08 Å². The third-order valence-corrected chi connectivity index (χ3v) is 3.78. The van der Waals surface area contributed by atoms with Gasteiger partial charge in [0.05, 0.1) is 5.78 Å². The van der Waals surface area contributed by atoms with E-state index < -0.39 is 5.41 Å². The molecule has 0 bridgehead atoms. The molecule has 0 spiro atoms. The monoisotopic (exact) mass is 432 g/mol. The van der Waals surface area contributed by atoms with Gasteiger partial charge < -0.3 is 9.90 Å². The van der Waals surface area contributed by atoms with Gasteiger partial charge in [0.2, 0.25) is 0 Å². The molecule has 0 aromatic heterocycles. The van der Waals surface area contributed by atoms with Gasteiger partial charge in [0.1, 0.15) is 5.76 Å². The summed E-state index contributed by atoms with van der Waals surface area (Å²) in [6.07, 6.45) is 3.00. The van der Waals surface area contributed by atoms with Gasteiger partial charge in [-0.05, 0) is 5.41 Å². The van der Waals surface area contributed by atoms with Gasteiger partial charge in [-0.2, -0.15) is 6.08 Å². The van der Waals surface area contributed by atoms with Crippen LogP contribution in [0.25, 0.3) is 0 Å². The summed E-state index contributed by atoms with van der Waals surface area (Å²) in [4.78, 5) is 23.1. The molecule has 0 aliphatic carbocycles. The molecule has 4 nitrogen and oxygen atoms in total. The van der Waals surface area contributed by atoms with Crippen LogP contribution in [0.1, 0.15) is 83.1 Å². The van der Waals surface area contributed by atoms with Crippen LogP contribution in [0.15, 0.2) is 23.5 Å². The Bertz CT molecular complexity index is 520. The maximum absolute atomic E-state index is 11.6. The number of rotatable bonds is 2. The van der Waals surface area contributed by atoms with Gasteiger partial charge in [0.15, 0.2) is 5.78 Å². The zero-order valence-corrected chi connectivity index (χ0v) is 21.4. The molecule has 28 heavy (non-hydrogen) atoms. The molecule has 0 aliphatic heterocycles. The maximum atomic E-state index is 11.6. The van der Waals surface area contributed by atoms with Crippen molar-refractivity contribution < 1.29 is 35.7 Å². The predicted molar refractivity (Wildman–Crippen MR) is 113 cm³/mol. The molecule has 0 atom stereocenters. The van der Waals surface area contributed by atoms with Crippen molar-refractivity contribution in [2.45, 2.75) is 83.1 Å². The van der Waals surface area contributed by atoms with E-state index in [9.17, 15) is 14.7 Å². The quantitative estimate of drug-likeness (QED) is 0.312. The van der Waals surface area contributed by atoms with Crippen LogP contribution < -0.4 is 0 Å². The van der Waals surface area contributed by atoms with Gasteiger partial charge in [0.25, 0.3) is 0 Å². The molecule has 1 N–H and O–H groups in total. The summed E-state index contributed by atoms with van der Waals surface area (Å²) in [6.45, 7) is 26.9. The fraction of sp³-hybridized carbons (Fsp3) is 0.696. The van der Waals surface area contributed by atoms with E-state index in [0.29, 0.717) is 0 Å². The Morgan fingerprint density at radius 3 is 1.14 bits per heavy atom. The molecule has 0 aromatic carbocycles. The Balaban J connectivity index is -0.000000410. The topological polar surface area (TPSA) is 71.4 Å². The molecule has 163 valence electrons. The Kier molecular flexibility index (Phi) is 13.3. The van der Waals surface area contributed by atoms with Crippen molar-refractivity contribution in [2.75, 3.05) is 0 Å². The minimum absolute atomic E-state index is 0.0130. The zero-order valence-electron chi connectivity index (χ0n) is 20.0. The second-order valence-electron chi connectivity index (χ2n) is 10.9. The van der Waals surface area contributed by atoms with E-state index in [1.54, 1.807) is 6.08 Å². The van der Waals surface area contributed by atoms with Crippen LogP contribution in [0.3, 0.4) is 0 Å². The molecule has 0 heterocycles. The number of aliphatic hydroxyl groups excluding tert-OH is 1. The molecular weight excluding hydrogens is 391 g/mol. The van der Waals surface area contributed by atoms with Crippen molar-refractivity contribution in [2.24, 2.45) is 21.7 Å². The van der Waals surface area contributed by atoms with Crippen molar-refractivity contribution in [3.63, 3.8) is 0 Å². The van der Waals surface area contributed by atoms with Gasteiger partial charge in [0, 0.05) is 22.3 Å². The summed E-state index contributed by atoms with van der Waals surface area (Å²) in [7, 11) is 0. The second-order valence-corrected chi connectivity index (χ2v) is 10.9. The predicted octanol–water partition coefficient (Wildman–Crippen LogP) is 6.38. The van der Waals surface area contributed by atoms with Crippen LogP contribution in [0.5, 0.6) is 0 Å². The van der Waals surface area contributed by atoms with E-state index in [4.69, 9.17) is 3.67 Å². The second kappa shape index (κ2) is 11.8. The molecule has 5 heteroatoms. The first-order valence-electron chi connectivity index (χ1n) is 9.32. The summed E-state index contributed by atoms with van der Waals surface area (Å²) in [5, 5.41) is 9.56. The Morgan fingerprint density at radius 1 is 0.643 bits per heavy atom. The minimum atomic E-state index is -0.417. The van der Waals surface area contributed by atoms with Crippen LogP contribution in [0.2, 0.25) is 0 Å². The van der Waals surface area contributed by atoms with Crippen LogP contribution in [-0.2, 0) is 30.6 Å². The average molecular weight is 433 g/mol. The van der Waals surface area contributed by atoms with Crippen molar-refractivity contribution in [1.29, 1.82) is 0 Å². The Hall–Kier alpha value is -1.13. The van der Waals surface area contributed by atoms with Gasteiger partial charge >= 0.3 is 21.0 Å². The average Bonchev–Trinajstić information content (AvgIpc) is 2.45. The third kappa shape index (κ3) is 14.9. The summed E-state index contributed by atoms with van der Waals surface area (Å²) in [5.74, 6) is 0.250. The third-order valence-electron chi connectivity index (χ3n) is 3.78. The standard InChI is InChI=1S/C12H21O.C11H20O2.O.V/c1-9(11(2,3)4)8-10(13)12(5,6)7;1-10(2,3)8(12)7-9(13)11(4,5)6;;/h8H,1H2,2-7H3;7,12H,1-6H3;;/q-1;;;/b9-8+;8-7-;;. The van der Waals surface area contributed by atoms with Crippen LogP contribution in [0, 0.1) is 28.6 Å². The van der Waals surface area contributed by atoms with Crippen molar-refractivity contribution in [1.82, 2.24) is 0 Å². The molecular formula is C23H41O4V-. The first kappa shape index (κ1) is 31.6. The van der Waals surface area contributed by atoms with E-state index in [2.05, 4.69) is 27.7 Å². The Morgan fingerprint density at radius 2 is 0.929 bits per heavy atom. The molecule has 0 saturated carbocycles. The number of allylic oxidation sites excluding steroid dienone is 4. The summed E-state index contributed by atoms with van der Waals surface area (Å²) in [6, 6.07) is 0. The number of ketones is 2. The summed E-state index contributed by atoms with van der Waals surface area (Å²) < 4.78 is 8.19. The SMILES string of the molecule is CC(C)(C)C(=O)/C=C(\O)C(C)(C)C.[CH2-]/C(=C\C(=O)C(C)(C)C)C(C)(C)C.[O]=[V]. The van der Waals surface area contributed by atoms with Gasteiger partial charge in [-0.15, -0.1) is 0 Å². The van der Waals surface area contributed by atoms with Gasteiger partial charge in [-0.25, -0.2) is 12.5 Å². The zero-order chi connectivity index (χ0) is 23.7. The van der Waals surface area contributed by atoms with E-state index >= 15 is 0 Å². The van der Waals surface area contributed by atoms with Crippen LogP contribution >= 0.6 is 0 Å². The molecule has 0 unspecified atom stereocenters. The van der Waals surface area contributed by atoms with Crippen molar-refractivity contribution in [3.8, 4) is 0 Å². The number of carbonyl (C=O) groups is 2. The summed E-state index contributed by atoms with van der Waals surface area (Å²) in [5.41, 5.74) is -0.178. The first-order chi connectivity index (χ1) is 12.1. The van der Waals surface area contributed by atoms with E-state index in [-0.39, 0.29) is 33.6 Å². The normalized spacial score (nSPS) is 13.5. The van der Waals surface area contributed by atoms with Gasteiger partial charge in [-0.3, -0.25) is 4.79 Å². The fourth-order valence-corrected chi connectivity index (χ4v) is 1.15. The van der Waals surface area contributed by atoms with E-state index in [0.717, 1.165) is 22.9 Å². The first-order valence-corrected chi connectivity index (χ1v) is 9.89. The van der Waals surface area contributed by atoms with Crippen molar-refractivity contribution >= 4 is 11.6 Å².